The van der Waals surface area contributed by atoms with Crippen LogP contribution in [0.15, 0.2) is 30.5 Å². The highest BCUT2D eigenvalue weighted by Crippen LogP contribution is 2.34. The molecule has 1 aromatic heterocycles. The lowest BCUT2D eigenvalue weighted by Crippen LogP contribution is -2.62. The number of H-pyrrole nitrogens is 1. The van der Waals surface area contributed by atoms with Crippen molar-refractivity contribution in [2.24, 2.45) is 29.1 Å². The SMILES string of the molecule is CCC1SC2NC1C(=O)NC(C(C)(C)C)C(=O)N[C@@H](Cc1c[nH]c3ccccc13)C(=O)NC(CC(C)C)C(=O)NC(C(C)C)C(=O)NC(C(C)C)C(=O)NC2C(C)C. The standard InChI is InChI=1S/C43H68N8O6S/c1-13-30-34-40(56)51-35(43(10,11)12)41(57)46-29(19-25-20-44-27-17-15-14-16-26(25)27)36(52)45-28(18-21(2)3)37(53)47-31(22(4)5)38(54)48-32(23(6)7)39(55)49-33(24(8)9)42(50-34)58-30/h14-17,20-24,28-35,42,44,50H,13,18-19H2,1-12H3,(H,45,52)(H,46,57)(H,47,53)(H,48,54)(H,49,55)(H,51,56)/t28?,29-,30?,31?,32?,33?,34?,35?,42?/m0/s1. The Morgan fingerprint density at radius 2 is 1.22 bits per heavy atom. The zero-order valence-electron chi connectivity index (χ0n) is 36.4. The van der Waals surface area contributed by atoms with Crippen molar-refractivity contribution in [1.82, 2.24) is 42.2 Å². The fourth-order valence-electron chi connectivity index (χ4n) is 7.64. The van der Waals surface area contributed by atoms with Crippen molar-refractivity contribution < 1.29 is 28.8 Å². The smallest absolute Gasteiger partial charge is 0.243 e. The van der Waals surface area contributed by atoms with Crippen LogP contribution in [0.5, 0.6) is 0 Å². The van der Waals surface area contributed by atoms with Crippen molar-refractivity contribution in [2.45, 2.75) is 155 Å². The Kier molecular flexibility index (Phi) is 15.9. The number of thioether (sulfide) groups is 1. The number of aromatic amines is 1. The maximum Gasteiger partial charge on any atom is 0.243 e. The van der Waals surface area contributed by atoms with Gasteiger partial charge in [0.1, 0.15) is 30.2 Å². The van der Waals surface area contributed by atoms with Gasteiger partial charge in [-0.1, -0.05) is 101 Å². The van der Waals surface area contributed by atoms with Gasteiger partial charge in [0.15, 0.2) is 0 Å². The molecule has 9 atom stereocenters. The predicted octanol–water partition coefficient (Wildman–Crippen LogP) is 3.50. The highest BCUT2D eigenvalue weighted by molar-refractivity contribution is 8.00. The van der Waals surface area contributed by atoms with Gasteiger partial charge in [0.2, 0.25) is 35.4 Å². The summed E-state index contributed by atoms with van der Waals surface area (Å²) < 4.78 is 0. The predicted molar refractivity (Wildman–Crippen MR) is 229 cm³/mol. The van der Waals surface area contributed by atoms with E-state index in [2.05, 4.69) is 42.2 Å². The number of carbonyl (C=O) groups is 6. The molecule has 0 radical (unpaired) electrons. The number of amides is 6. The molecule has 0 aliphatic carbocycles. The largest absolute Gasteiger partial charge is 0.361 e. The zero-order valence-corrected chi connectivity index (χ0v) is 37.2. The summed E-state index contributed by atoms with van der Waals surface area (Å²) in [5.41, 5.74) is 0.880. The van der Waals surface area contributed by atoms with E-state index in [1.54, 1.807) is 31.8 Å². The van der Waals surface area contributed by atoms with Crippen molar-refractivity contribution in [2.75, 3.05) is 0 Å². The molecule has 58 heavy (non-hydrogen) atoms. The van der Waals surface area contributed by atoms with Gasteiger partial charge in [-0.2, -0.15) is 0 Å². The molecule has 2 aliphatic rings. The van der Waals surface area contributed by atoms with Gasteiger partial charge < -0.3 is 36.9 Å². The normalized spacial score (nSPS) is 28.9. The Labute approximate surface area is 348 Å². The van der Waals surface area contributed by atoms with E-state index in [1.807, 2.05) is 93.5 Å². The molecule has 6 amide bonds. The number of carbonyl (C=O) groups excluding carboxylic acids is 6. The van der Waals surface area contributed by atoms with Crippen LogP contribution in [0.4, 0.5) is 0 Å². The Balaban J connectivity index is 1.82. The van der Waals surface area contributed by atoms with Gasteiger partial charge >= 0.3 is 0 Å². The lowest BCUT2D eigenvalue weighted by molar-refractivity contribution is -0.136. The second-order valence-corrected chi connectivity index (χ2v) is 19.9. The lowest BCUT2D eigenvalue weighted by atomic mass is 9.85. The minimum Gasteiger partial charge on any atom is -0.361 e. The third-order valence-electron chi connectivity index (χ3n) is 11.1. The van der Waals surface area contributed by atoms with Crippen LogP contribution in [0, 0.1) is 29.1 Å². The number of hydrogen-bond acceptors (Lipinski definition) is 8. The molecule has 0 spiro atoms. The molecule has 2 aromatic rings. The van der Waals surface area contributed by atoms with Gasteiger partial charge in [-0.3, -0.25) is 34.1 Å². The summed E-state index contributed by atoms with van der Waals surface area (Å²) in [4.78, 5) is 88.6. The monoisotopic (exact) mass is 824 g/mol. The highest BCUT2D eigenvalue weighted by atomic mass is 32.2. The first-order valence-corrected chi connectivity index (χ1v) is 21.9. The maximum atomic E-state index is 14.5. The molecule has 14 nitrogen and oxygen atoms in total. The summed E-state index contributed by atoms with van der Waals surface area (Å²) in [6, 6.07) is 1.37. The molecule has 1 aromatic carbocycles. The molecular formula is C43H68N8O6S. The summed E-state index contributed by atoms with van der Waals surface area (Å²) in [7, 11) is 0. The fourth-order valence-corrected chi connectivity index (χ4v) is 9.34. The maximum absolute atomic E-state index is 14.5. The van der Waals surface area contributed by atoms with Gasteiger partial charge in [0, 0.05) is 28.8 Å². The average molecular weight is 825 g/mol. The van der Waals surface area contributed by atoms with Crippen LogP contribution in [0.1, 0.15) is 101 Å². The molecule has 2 bridgehead atoms. The summed E-state index contributed by atoms with van der Waals surface area (Å²) in [5, 5.41) is 21.7. The second-order valence-electron chi connectivity index (χ2n) is 18.5. The molecule has 2 saturated heterocycles. The van der Waals surface area contributed by atoms with Crippen LogP contribution in [0.2, 0.25) is 0 Å². The van der Waals surface area contributed by atoms with Gasteiger partial charge in [-0.25, -0.2) is 0 Å². The summed E-state index contributed by atoms with van der Waals surface area (Å²) >= 11 is 1.57. The van der Waals surface area contributed by atoms with E-state index in [0.717, 1.165) is 16.5 Å². The van der Waals surface area contributed by atoms with Crippen LogP contribution in [-0.2, 0) is 35.2 Å². The van der Waals surface area contributed by atoms with E-state index in [4.69, 9.17) is 0 Å². The summed E-state index contributed by atoms with van der Waals surface area (Å²) in [6.07, 6.45) is 2.79. The minimum absolute atomic E-state index is 0.0315. The molecule has 2 fully saturated rings. The summed E-state index contributed by atoms with van der Waals surface area (Å²) in [6.45, 7) is 22.7. The fraction of sp³-hybridized carbons (Fsp3) is 0.674. The number of para-hydroxylation sites is 1. The first-order valence-electron chi connectivity index (χ1n) is 20.9. The van der Waals surface area contributed by atoms with Crippen LogP contribution >= 0.6 is 11.8 Å². The molecule has 4 rings (SSSR count). The van der Waals surface area contributed by atoms with E-state index in [1.165, 1.54) is 0 Å². The molecular weight excluding hydrogens is 757 g/mol. The second kappa shape index (κ2) is 19.8. The van der Waals surface area contributed by atoms with E-state index >= 15 is 0 Å². The Morgan fingerprint density at radius 3 is 1.79 bits per heavy atom. The Bertz CT molecular complexity index is 1790. The van der Waals surface area contributed by atoms with Crippen molar-refractivity contribution in [3.05, 3.63) is 36.0 Å². The van der Waals surface area contributed by atoms with E-state index in [0.29, 0.717) is 6.42 Å². The number of fused-ring (bicyclic) bond motifs is 3. The highest BCUT2D eigenvalue weighted by Gasteiger charge is 2.45. The molecule has 0 saturated carbocycles. The molecule has 3 heterocycles. The lowest BCUT2D eigenvalue weighted by Gasteiger charge is -2.33. The van der Waals surface area contributed by atoms with Crippen molar-refractivity contribution >= 4 is 58.1 Å². The molecule has 15 heteroatoms. The zero-order chi connectivity index (χ0) is 43.2. The summed E-state index contributed by atoms with van der Waals surface area (Å²) in [5.74, 6) is -3.70. The Morgan fingerprint density at radius 1 is 0.655 bits per heavy atom. The van der Waals surface area contributed by atoms with E-state index in [9.17, 15) is 28.8 Å². The number of benzene rings is 1. The first kappa shape index (κ1) is 46.6. The number of rotatable bonds is 8. The first-order chi connectivity index (χ1) is 27.1. The number of aromatic nitrogens is 1. The molecule has 8 unspecified atom stereocenters. The third-order valence-corrected chi connectivity index (χ3v) is 12.7. The van der Waals surface area contributed by atoms with E-state index < -0.39 is 71.3 Å². The molecule has 8 N–H and O–H groups in total. The number of hydrogen-bond donors (Lipinski definition) is 8. The van der Waals surface area contributed by atoms with Crippen molar-refractivity contribution in [3.8, 4) is 0 Å². The topological polar surface area (TPSA) is 202 Å². The van der Waals surface area contributed by atoms with Crippen molar-refractivity contribution in [3.63, 3.8) is 0 Å². The molecule has 322 valence electrons. The van der Waals surface area contributed by atoms with Crippen LogP contribution < -0.4 is 37.2 Å². The average Bonchev–Trinajstić information content (AvgIpc) is 3.76. The molecule has 2 aliphatic heterocycles. The quantitative estimate of drug-likeness (QED) is 0.198. The van der Waals surface area contributed by atoms with Crippen LogP contribution in [0.3, 0.4) is 0 Å². The number of nitrogens with one attached hydrogen (secondary N) is 8. The van der Waals surface area contributed by atoms with Gasteiger partial charge in [0.25, 0.3) is 0 Å². The van der Waals surface area contributed by atoms with Gasteiger partial charge in [-0.05, 0) is 53.6 Å². The third kappa shape index (κ3) is 11.5. The minimum atomic E-state index is -1.14. The van der Waals surface area contributed by atoms with Gasteiger partial charge in [0.05, 0.1) is 17.5 Å². The Hall–Kier alpha value is -4.11. The van der Waals surface area contributed by atoms with Crippen LogP contribution in [-0.4, -0.2) is 93.3 Å². The van der Waals surface area contributed by atoms with Gasteiger partial charge in [-0.15, -0.1) is 11.8 Å². The van der Waals surface area contributed by atoms with Crippen molar-refractivity contribution in [1.29, 1.82) is 0 Å². The van der Waals surface area contributed by atoms with E-state index in [-0.39, 0.29) is 59.0 Å². The van der Waals surface area contributed by atoms with Crippen LogP contribution in [0.25, 0.3) is 10.9 Å².